The second-order valence-electron chi connectivity index (χ2n) is 5.88. The minimum atomic E-state index is 0.223. The zero-order valence-corrected chi connectivity index (χ0v) is 11.4. The number of aliphatic hydroxyl groups is 2. The van der Waals surface area contributed by atoms with Gasteiger partial charge in [0, 0.05) is 38.3 Å². The Morgan fingerprint density at radius 2 is 1.94 bits per heavy atom. The van der Waals surface area contributed by atoms with Gasteiger partial charge in [-0.2, -0.15) is 0 Å². The highest BCUT2D eigenvalue weighted by molar-refractivity contribution is 4.89. The largest absolute Gasteiger partial charge is 0.396 e. The molecule has 18 heavy (non-hydrogen) atoms. The predicted octanol–water partition coefficient (Wildman–Crippen LogP) is 0.584. The lowest BCUT2D eigenvalue weighted by Crippen LogP contribution is -2.54. The molecule has 1 saturated carbocycles. The van der Waals surface area contributed by atoms with Crippen LogP contribution in [0.25, 0.3) is 0 Å². The van der Waals surface area contributed by atoms with Gasteiger partial charge in [0.1, 0.15) is 0 Å². The summed E-state index contributed by atoms with van der Waals surface area (Å²) in [4.78, 5) is 2.64. The van der Waals surface area contributed by atoms with Crippen molar-refractivity contribution in [3.63, 3.8) is 0 Å². The lowest BCUT2D eigenvalue weighted by atomic mass is 9.85. The van der Waals surface area contributed by atoms with Crippen molar-refractivity contribution in [1.82, 2.24) is 10.2 Å². The Morgan fingerprint density at radius 3 is 2.56 bits per heavy atom. The van der Waals surface area contributed by atoms with Crippen LogP contribution < -0.4 is 5.32 Å². The van der Waals surface area contributed by atoms with E-state index in [1.54, 1.807) is 0 Å². The van der Waals surface area contributed by atoms with Gasteiger partial charge in [-0.25, -0.2) is 0 Å². The molecule has 4 nitrogen and oxygen atoms in total. The first-order valence-electron chi connectivity index (χ1n) is 7.52. The van der Waals surface area contributed by atoms with E-state index >= 15 is 0 Å². The van der Waals surface area contributed by atoms with Gasteiger partial charge in [0.2, 0.25) is 0 Å². The van der Waals surface area contributed by atoms with Crippen LogP contribution in [0.1, 0.15) is 38.5 Å². The molecular formula is C14H28N2O2. The van der Waals surface area contributed by atoms with Crippen LogP contribution in [0.4, 0.5) is 0 Å². The molecule has 1 aliphatic heterocycles. The Kier molecular flexibility index (Phi) is 5.89. The number of nitrogens with zero attached hydrogens (tertiary/aromatic N) is 1. The highest BCUT2D eigenvalue weighted by Crippen LogP contribution is 2.30. The van der Waals surface area contributed by atoms with Crippen LogP contribution in [-0.4, -0.2) is 60.0 Å². The van der Waals surface area contributed by atoms with Crippen molar-refractivity contribution in [3.05, 3.63) is 0 Å². The number of rotatable bonds is 7. The number of nitrogens with one attached hydrogen (secondary N) is 1. The Bertz CT molecular complexity index is 218. The van der Waals surface area contributed by atoms with E-state index in [1.165, 1.54) is 32.2 Å². The maximum Gasteiger partial charge on any atom is 0.0556 e. The molecule has 0 aromatic rings. The monoisotopic (exact) mass is 256 g/mol. The Morgan fingerprint density at radius 1 is 1.11 bits per heavy atom. The van der Waals surface area contributed by atoms with E-state index in [0.29, 0.717) is 25.1 Å². The minimum Gasteiger partial charge on any atom is -0.396 e. The molecule has 2 atom stereocenters. The summed E-state index contributed by atoms with van der Waals surface area (Å²) in [5.41, 5.74) is 0. The SMILES string of the molecule is OCCCC1CC(NCCO)CN(C2CCC2)C1. The van der Waals surface area contributed by atoms with E-state index in [2.05, 4.69) is 10.2 Å². The summed E-state index contributed by atoms with van der Waals surface area (Å²) in [6, 6.07) is 1.33. The Hall–Kier alpha value is -0.160. The first-order valence-corrected chi connectivity index (χ1v) is 7.52. The fraction of sp³-hybridized carbons (Fsp3) is 1.00. The summed E-state index contributed by atoms with van der Waals surface area (Å²) in [7, 11) is 0. The van der Waals surface area contributed by atoms with Crippen molar-refractivity contribution in [2.45, 2.75) is 50.6 Å². The number of aliphatic hydroxyl groups excluding tert-OH is 2. The van der Waals surface area contributed by atoms with Gasteiger partial charge >= 0.3 is 0 Å². The Labute approximate surface area is 110 Å². The molecular weight excluding hydrogens is 228 g/mol. The smallest absolute Gasteiger partial charge is 0.0556 e. The lowest BCUT2D eigenvalue weighted by molar-refractivity contribution is 0.0532. The summed E-state index contributed by atoms with van der Waals surface area (Å²) < 4.78 is 0. The van der Waals surface area contributed by atoms with E-state index in [0.717, 1.165) is 25.4 Å². The highest BCUT2D eigenvalue weighted by atomic mass is 16.3. The fourth-order valence-electron chi connectivity index (χ4n) is 3.30. The summed E-state index contributed by atoms with van der Waals surface area (Å²) >= 11 is 0. The molecule has 0 aromatic heterocycles. The highest BCUT2D eigenvalue weighted by Gasteiger charge is 2.33. The average Bonchev–Trinajstić information content (AvgIpc) is 2.31. The molecule has 1 aliphatic carbocycles. The fourth-order valence-corrected chi connectivity index (χ4v) is 3.30. The number of hydrogen-bond donors (Lipinski definition) is 3. The topological polar surface area (TPSA) is 55.7 Å². The third kappa shape index (κ3) is 3.92. The molecule has 1 saturated heterocycles. The number of piperidine rings is 1. The van der Waals surface area contributed by atoms with Gasteiger partial charge in [-0.05, 0) is 38.0 Å². The van der Waals surface area contributed by atoms with E-state index < -0.39 is 0 Å². The molecule has 1 heterocycles. The van der Waals surface area contributed by atoms with Gasteiger partial charge in [-0.3, -0.25) is 4.90 Å². The van der Waals surface area contributed by atoms with Crippen LogP contribution >= 0.6 is 0 Å². The van der Waals surface area contributed by atoms with Crippen LogP contribution in [-0.2, 0) is 0 Å². The van der Waals surface area contributed by atoms with Crippen molar-refractivity contribution < 1.29 is 10.2 Å². The van der Waals surface area contributed by atoms with Gasteiger partial charge in [0.25, 0.3) is 0 Å². The molecule has 3 N–H and O–H groups in total. The van der Waals surface area contributed by atoms with Crippen LogP contribution in [0.5, 0.6) is 0 Å². The molecule has 0 amide bonds. The molecule has 0 bridgehead atoms. The molecule has 0 aromatic carbocycles. The Balaban J connectivity index is 1.82. The molecule has 2 fully saturated rings. The molecule has 4 heteroatoms. The summed E-state index contributed by atoms with van der Waals surface area (Å²) in [6.07, 6.45) is 7.37. The maximum atomic E-state index is 8.97. The second kappa shape index (κ2) is 7.43. The lowest BCUT2D eigenvalue weighted by Gasteiger charge is -2.45. The first kappa shape index (κ1) is 14.3. The minimum absolute atomic E-state index is 0.223. The van der Waals surface area contributed by atoms with E-state index in [9.17, 15) is 0 Å². The van der Waals surface area contributed by atoms with E-state index in [-0.39, 0.29) is 6.61 Å². The zero-order valence-electron chi connectivity index (χ0n) is 11.4. The van der Waals surface area contributed by atoms with Crippen LogP contribution in [0, 0.1) is 5.92 Å². The predicted molar refractivity (Wildman–Crippen MR) is 72.5 cm³/mol. The molecule has 2 unspecified atom stereocenters. The first-order chi connectivity index (χ1) is 8.83. The third-order valence-electron chi connectivity index (χ3n) is 4.47. The van der Waals surface area contributed by atoms with Crippen molar-refractivity contribution in [2.24, 2.45) is 5.92 Å². The van der Waals surface area contributed by atoms with Crippen molar-refractivity contribution in [1.29, 1.82) is 0 Å². The quantitative estimate of drug-likeness (QED) is 0.624. The molecule has 106 valence electrons. The van der Waals surface area contributed by atoms with Crippen molar-refractivity contribution in [2.75, 3.05) is 32.8 Å². The van der Waals surface area contributed by atoms with Crippen LogP contribution in [0.3, 0.4) is 0 Å². The number of likely N-dealkylation sites (tertiary alicyclic amines) is 1. The van der Waals surface area contributed by atoms with Crippen LogP contribution in [0.2, 0.25) is 0 Å². The van der Waals surface area contributed by atoms with Gasteiger partial charge in [-0.1, -0.05) is 6.42 Å². The zero-order chi connectivity index (χ0) is 12.8. The van der Waals surface area contributed by atoms with E-state index in [4.69, 9.17) is 10.2 Å². The number of hydrogen-bond acceptors (Lipinski definition) is 4. The summed E-state index contributed by atoms with van der Waals surface area (Å²) in [5.74, 6) is 0.711. The van der Waals surface area contributed by atoms with Crippen LogP contribution in [0.15, 0.2) is 0 Å². The molecule has 0 radical (unpaired) electrons. The standard InChI is InChI=1S/C14H28N2O2/c17-7-2-3-12-9-13(15-6-8-18)11-16(10-12)14-4-1-5-14/h12-15,17-18H,1-11H2. The van der Waals surface area contributed by atoms with E-state index in [1.807, 2.05) is 0 Å². The average molecular weight is 256 g/mol. The van der Waals surface area contributed by atoms with Gasteiger partial charge in [0.05, 0.1) is 6.61 Å². The van der Waals surface area contributed by atoms with Crippen molar-refractivity contribution >= 4 is 0 Å². The third-order valence-corrected chi connectivity index (χ3v) is 4.47. The second-order valence-corrected chi connectivity index (χ2v) is 5.88. The normalized spacial score (nSPS) is 30.3. The summed E-state index contributed by atoms with van der Waals surface area (Å²) in [5, 5.41) is 21.4. The molecule has 2 aliphatic rings. The van der Waals surface area contributed by atoms with Gasteiger partial charge in [-0.15, -0.1) is 0 Å². The molecule has 2 rings (SSSR count). The van der Waals surface area contributed by atoms with Crippen molar-refractivity contribution in [3.8, 4) is 0 Å². The molecule has 0 spiro atoms. The summed E-state index contributed by atoms with van der Waals surface area (Å²) in [6.45, 7) is 3.59. The maximum absolute atomic E-state index is 8.97. The van der Waals surface area contributed by atoms with Gasteiger partial charge < -0.3 is 15.5 Å². The van der Waals surface area contributed by atoms with Gasteiger partial charge in [0.15, 0.2) is 0 Å².